The van der Waals surface area contributed by atoms with E-state index in [1.165, 1.54) is 12.1 Å². The van der Waals surface area contributed by atoms with Crippen LogP contribution in [0.1, 0.15) is 46.1 Å². The van der Waals surface area contributed by atoms with Crippen molar-refractivity contribution in [3.05, 3.63) is 41.7 Å². The first-order valence-corrected chi connectivity index (χ1v) is 9.81. The summed E-state index contributed by atoms with van der Waals surface area (Å²) in [6.07, 6.45) is 2.37. The highest BCUT2D eigenvalue weighted by Crippen LogP contribution is 2.33. The first-order valence-electron chi connectivity index (χ1n) is 9.81. The first kappa shape index (κ1) is 20.5. The summed E-state index contributed by atoms with van der Waals surface area (Å²) in [6, 6.07) is 6.39. The third-order valence-corrected chi connectivity index (χ3v) is 5.13. The summed E-state index contributed by atoms with van der Waals surface area (Å²) in [5, 5.41) is 0. The standard InChI is InChI=1S/C22H28FNO4/c1-14(2)13-18(19-21(26)28-22(3,4)27-19)20(25)24-11-9-16(10-12-24)15-5-7-17(23)8-6-15/h5-9,14,18-19H,10-13H2,1-4H3/t18-,19+/m0/s1. The number of halogens is 1. The average Bonchev–Trinajstić information content (AvgIpc) is 2.92. The third-order valence-electron chi connectivity index (χ3n) is 5.13. The van der Waals surface area contributed by atoms with Crippen molar-refractivity contribution < 1.29 is 23.5 Å². The highest BCUT2D eigenvalue weighted by molar-refractivity contribution is 5.88. The maximum atomic E-state index is 13.2. The van der Waals surface area contributed by atoms with Crippen molar-refractivity contribution in [3.8, 4) is 0 Å². The van der Waals surface area contributed by atoms with E-state index in [1.807, 2.05) is 19.9 Å². The Morgan fingerprint density at radius 3 is 2.46 bits per heavy atom. The number of esters is 1. The van der Waals surface area contributed by atoms with Crippen molar-refractivity contribution >= 4 is 17.4 Å². The normalized spacial score (nSPS) is 22.8. The molecule has 1 amide bonds. The minimum atomic E-state index is -1.01. The van der Waals surface area contributed by atoms with Gasteiger partial charge in [-0.05, 0) is 42.0 Å². The van der Waals surface area contributed by atoms with Crippen molar-refractivity contribution in [2.45, 2.75) is 52.4 Å². The zero-order valence-electron chi connectivity index (χ0n) is 16.9. The van der Waals surface area contributed by atoms with Crippen LogP contribution in [0.4, 0.5) is 4.39 Å². The van der Waals surface area contributed by atoms with Gasteiger partial charge in [-0.2, -0.15) is 0 Å². The monoisotopic (exact) mass is 389 g/mol. The Morgan fingerprint density at radius 1 is 1.29 bits per heavy atom. The van der Waals surface area contributed by atoms with Gasteiger partial charge in [0.2, 0.25) is 11.7 Å². The molecular weight excluding hydrogens is 361 g/mol. The lowest BCUT2D eigenvalue weighted by Crippen LogP contribution is -2.45. The van der Waals surface area contributed by atoms with Crippen LogP contribution in [0.3, 0.4) is 0 Å². The van der Waals surface area contributed by atoms with Gasteiger partial charge in [0.05, 0.1) is 5.92 Å². The average molecular weight is 389 g/mol. The molecule has 0 radical (unpaired) electrons. The number of cyclic esters (lactones) is 1. The Balaban J connectivity index is 1.73. The van der Waals surface area contributed by atoms with E-state index in [-0.39, 0.29) is 17.6 Å². The fraction of sp³-hybridized carbons (Fsp3) is 0.545. The summed E-state index contributed by atoms with van der Waals surface area (Å²) in [7, 11) is 0. The van der Waals surface area contributed by atoms with Crippen molar-refractivity contribution in [2.75, 3.05) is 13.1 Å². The van der Waals surface area contributed by atoms with Gasteiger partial charge in [-0.1, -0.05) is 32.1 Å². The Morgan fingerprint density at radius 2 is 1.96 bits per heavy atom. The number of ether oxygens (including phenoxy) is 2. The van der Waals surface area contributed by atoms with Crippen LogP contribution in [0.5, 0.6) is 0 Å². The number of hydrogen-bond donors (Lipinski definition) is 0. The van der Waals surface area contributed by atoms with Crippen molar-refractivity contribution in [3.63, 3.8) is 0 Å². The van der Waals surface area contributed by atoms with E-state index in [0.29, 0.717) is 25.9 Å². The van der Waals surface area contributed by atoms with E-state index >= 15 is 0 Å². The molecule has 152 valence electrons. The maximum Gasteiger partial charge on any atom is 0.338 e. The lowest BCUT2D eigenvalue weighted by Gasteiger charge is -2.32. The molecule has 0 aliphatic carbocycles. The van der Waals surface area contributed by atoms with E-state index in [1.54, 1.807) is 30.9 Å². The topological polar surface area (TPSA) is 55.8 Å². The summed E-state index contributed by atoms with van der Waals surface area (Å²) in [5.41, 5.74) is 2.07. The highest BCUT2D eigenvalue weighted by atomic mass is 19.1. The predicted molar refractivity (Wildman–Crippen MR) is 104 cm³/mol. The molecule has 28 heavy (non-hydrogen) atoms. The van der Waals surface area contributed by atoms with Crippen LogP contribution in [0.15, 0.2) is 30.3 Å². The fourth-order valence-electron chi connectivity index (χ4n) is 3.82. The maximum absolute atomic E-state index is 13.2. The Labute approximate surface area is 165 Å². The van der Waals surface area contributed by atoms with Gasteiger partial charge < -0.3 is 14.4 Å². The smallest absolute Gasteiger partial charge is 0.338 e. The van der Waals surface area contributed by atoms with Gasteiger partial charge in [-0.15, -0.1) is 0 Å². The van der Waals surface area contributed by atoms with E-state index in [2.05, 4.69) is 0 Å². The van der Waals surface area contributed by atoms with Gasteiger partial charge in [-0.25, -0.2) is 9.18 Å². The Kier molecular flexibility index (Phi) is 5.89. The van der Waals surface area contributed by atoms with Crippen LogP contribution in [0.2, 0.25) is 0 Å². The molecule has 1 fully saturated rings. The molecule has 0 saturated carbocycles. The van der Waals surface area contributed by atoms with Crippen LogP contribution in [0.25, 0.3) is 5.57 Å². The molecule has 1 aromatic rings. The predicted octanol–water partition coefficient (Wildman–Crippen LogP) is 3.78. The lowest BCUT2D eigenvalue weighted by molar-refractivity contribution is -0.163. The van der Waals surface area contributed by atoms with E-state index in [9.17, 15) is 14.0 Å². The number of nitrogens with zero attached hydrogens (tertiary/aromatic N) is 1. The van der Waals surface area contributed by atoms with Gasteiger partial charge in [0, 0.05) is 26.9 Å². The van der Waals surface area contributed by atoms with Crippen LogP contribution < -0.4 is 0 Å². The van der Waals surface area contributed by atoms with Crippen molar-refractivity contribution in [1.29, 1.82) is 0 Å². The molecule has 2 aliphatic heterocycles. The molecular formula is C22H28FNO4. The summed E-state index contributed by atoms with van der Waals surface area (Å²) < 4.78 is 24.2. The molecule has 0 N–H and O–H groups in total. The number of carbonyl (C=O) groups excluding carboxylic acids is 2. The molecule has 1 aromatic carbocycles. The van der Waals surface area contributed by atoms with Crippen molar-refractivity contribution in [2.24, 2.45) is 11.8 Å². The molecule has 5 nitrogen and oxygen atoms in total. The second-order valence-electron chi connectivity index (χ2n) is 8.37. The van der Waals surface area contributed by atoms with Gasteiger partial charge in [0.25, 0.3) is 0 Å². The molecule has 0 bridgehead atoms. The molecule has 6 heteroatoms. The molecule has 0 aromatic heterocycles. The molecule has 2 atom stereocenters. The summed E-state index contributed by atoms with van der Waals surface area (Å²) >= 11 is 0. The molecule has 3 rings (SSSR count). The molecule has 1 saturated heterocycles. The quantitative estimate of drug-likeness (QED) is 0.719. The number of hydrogen-bond acceptors (Lipinski definition) is 4. The Bertz CT molecular complexity index is 769. The van der Waals surface area contributed by atoms with E-state index in [4.69, 9.17) is 9.47 Å². The van der Waals surface area contributed by atoms with E-state index in [0.717, 1.165) is 11.1 Å². The lowest BCUT2D eigenvalue weighted by atomic mass is 9.89. The van der Waals surface area contributed by atoms with Gasteiger partial charge in [0.1, 0.15) is 5.82 Å². The summed E-state index contributed by atoms with van der Waals surface area (Å²) in [6.45, 7) is 8.43. The van der Waals surface area contributed by atoms with Crippen molar-refractivity contribution in [1.82, 2.24) is 4.90 Å². The molecule has 0 spiro atoms. The number of benzene rings is 1. The minimum absolute atomic E-state index is 0.0808. The highest BCUT2D eigenvalue weighted by Gasteiger charge is 2.48. The minimum Gasteiger partial charge on any atom is -0.432 e. The van der Waals surface area contributed by atoms with E-state index < -0.39 is 23.8 Å². The Hall–Kier alpha value is -2.21. The molecule has 2 aliphatic rings. The van der Waals surface area contributed by atoms with Crippen LogP contribution >= 0.6 is 0 Å². The van der Waals surface area contributed by atoms with Crippen LogP contribution in [-0.4, -0.2) is 41.8 Å². The first-order chi connectivity index (χ1) is 13.2. The molecule has 0 unspecified atom stereocenters. The second kappa shape index (κ2) is 8.03. The number of carbonyl (C=O) groups is 2. The van der Waals surface area contributed by atoms with Gasteiger partial charge >= 0.3 is 5.97 Å². The summed E-state index contributed by atoms with van der Waals surface area (Å²) in [4.78, 5) is 27.3. The third kappa shape index (κ3) is 4.61. The van der Waals surface area contributed by atoms with Gasteiger partial charge in [-0.3, -0.25) is 4.79 Å². The zero-order valence-corrected chi connectivity index (χ0v) is 16.9. The van der Waals surface area contributed by atoms with Crippen LogP contribution in [0, 0.1) is 17.7 Å². The molecule has 2 heterocycles. The SMILES string of the molecule is CC(C)C[C@H](C(=O)N1CC=C(c2ccc(F)cc2)CC1)[C@H]1OC(C)(C)OC1=O. The zero-order chi connectivity index (χ0) is 20.5. The van der Waals surface area contributed by atoms with Crippen LogP contribution in [-0.2, 0) is 19.1 Å². The number of amides is 1. The largest absolute Gasteiger partial charge is 0.432 e. The fourth-order valence-corrected chi connectivity index (χ4v) is 3.82. The number of rotatable bonds is 5. The summed E-state index contributed by atoms with van der Waals surface area (Å²) in [5.74, 6) is -2.14. The van der Waals surface area contributed by atoms with Gasteiger partial charge in [0.15, 0.2) is 6.10 Å². The second-order valence-corrected chi connectivity index (χ2v) is 8.37.